The zero-order valence-corrected chi connectivity index (χ0v) is 18.1. The normalized spacial score (nSPS) is 12.0. The molecule has 0 atom stereocenters. The van der Waals surface area contributed by atoms with Crippen molar-refractivity contribution >= 4 is 70.4 Å². The van der Waals surface area contributed by atoms with Crippen LogP contribution in [0, 0.1) is 0 Å². The van der Waals surface area contributed by atoms with Crippen molar-refractivity contribution in [3.8, 4) is 5.69 Å². The Morgan fingerprint density at radius 3 is 2.29 bits per heavy atom. The number of para-hydroxylation sites is 2. The lowest BCUT2D eigenvalue weighted by Crippen LogP contribution is -1.93. The minimum Gasteiger partial charge on any atom is -0.455 e. The van der Waals surface area contributed by atoms with Crippen LogP contribution in [0.25, 0.3) is 60.2 Å². The van der Waals surface area contributed by atoms with Gasteiger partial charge in [0.25, 0.3) is 0 Å². The lowest BCUT2D eigenvalue weighted by atomic mass is 10.0. The van der Waals surface area contributed by atoms with Crippen LogP contribution in [-0.2, 0) is 0 Å². The number of nitrogens with zero attached hydrogens (tertiary/aromatic N) is 1. The predicted octanol–water partition coefficient (Wildman–Crippen LogP) is 8.60. The largest absolute Gasteiger partial charge is 0.455 e. The van der Waals surface area contributed by atoms with E-state index in [-0.39, 0.29) is 0 Å². The lowest BCUT2D eigenvalue weighted by Gasteiger charge is -2.08. The van der Waals surface area contributed by atoms with E-state index in [1.54, 1.807) is 0 Å². The SMILES string of the molecule is Brc1ccc2c(c1)c1cc3ccc4c5ccccc5oc4c3cc1n2-c1ccccc1. The summed E-state index contributed by atoms with van der Waals surface area (Å²) in [6.45, 7) is 0. The molecule has 0 spiro atoms. The summed E-state index contributed by atoms with van der Waals surface area (Å²) in [5.74, 6) is 0. The topological polar surface area (TPSA) is 18.1 Å². The van der Waals surface area contributed by atoms with Crippen LogP contribution in [0.5, 0.6) is 0 Å². The van der Waals surface area contributed by atoms with Crippen LogP contribution in [0.1, 0.15) is 0 Å². The Balaban J connectivity index is 1.70. The second-order valence-corrected chi connectivity index (χ2v) is 8.88. The van der Waals surface area contributed by atoms with Crippen LogP contribution in [0.3, 0.4) is 0 Å². The van der Waals surface area contributed by atoms with Gasteiger partial charge in [0, 0.05) is 37.1 Å². The fourth-order valence-corrected chi connectivity index (χ4v) is 5.21. The van der Waals surface area contributed by atoms with Crippen LogP contribution in [0.15, 0.2) is 106 Å². The molecule has 0 fully saturated rings. The highest BCUT2D eigenvalue weighted by molar-refractivity contribution is 9.10. The minimum absolute atomic E-state index is 0.928. The molecular weight excluding hydrogens is 446 g/mol. The van der Waals surface area contributed by atoms with Crippen LogP contribution in [0.4, 0.5) is 0 Å². The molecule has 7 aromatic rings. The molecule has 3 heteroatoms. The molecule has 0 saturated carbocycles. The quantitative estimate of drug-likeness (QED) is 0.239. The van der Waals surface area contributed by atoms with Gasteiger partial charge in [-0.05, 0) is 60.0 Å². The van der Waals surface area contributed by atoms with Crippen molar-refractivity contribution in [1.29, 1.82) is 0 Å². The summed E-state index contributed by atoms with van der Waals surface area (Å²) in [6.07, 6.45) is 0. The number of hydrogen-bond acceptors (Lipinski definition) is 1. The fourth-order valence-electron chi connectivity index (χ4n) is 4.85. The highest BCUT2D eigenvalue weighted by Crippen LogP contribution is 2.39. The van der Waals surface area contributed by atoms with Crippen molar-refractivity contribution in [1.82, 2.24) is 4.57 Å². The van der Waals surface area contributed by atoms with E-state index >= 15 is 0 Å². The molecule has 2 nitrogen and oxygen atoms in total. The Morgan fingerprint density at radius 1 is 0.581 bits per heavy atom. The number of benzene rings is 5. The molecule has 0 aliphatic carbocycles. The predicted molar refractivity (Wildman–Crippen MR) is 133 cm³/mol. The third-order valence-electron chi connectivity index (χ3n) is 6.22. The maximum absolute atomic E-state index is 6.34. The van der Waals surface area contributed by atoms with E-state index in [2.05, 4.69) is 105 Å². The number of halogens is 1. The third kappa shape index (κ3) is 2.38. The Bertz CT molecular complexity index is 1790. The monoisotopic (exact) mass is 461 g/mol. The van der Waals surface area contributed by atoms with Gasteiger partial charge in [-0.15, -0.1) is 0 Å². The Labute approximate surface area is 186 Å². The van der Waals surface area contributed by atoms with Crippen LogP contribution in [0.2, 0.25) is 0 Å². The van der Waals surface area contributed by atoms with E-state index < -0.39 is 0 Å². The van der Waals surface area contributed by atoms with Crippen LogP contribution >= 0.6 is 15.9 Å². The average molecular weight is 462 g/mol. The van der Waals surface area contributed by atoms with Gasteiger partial charge >= 0.3 is 0 Å². The Morgan fingerprint density at radius 2 is 1.39 bits per heavy atom. The van der Waals surface area contributed by atoms with Gasteiger partial charge in [0.1, 0.15) is 11.2 Å². The first kappa shape index (κ1) is 17.2. The highest BCUT2D eigenvalue weighted by atomic mass is 79.9. The van der Waals surface area contributed by atoms with Crippen molar-refractivity contribution in [2.45, 2.75) is 0 Å². The van der Waals surface area contributed by atoms with E-state index in [0.29, 0.717) is 0 Å². The Hall–Kier alpha value is -3.56. The van der Waals surface area contributed by atoms with Crippen molar-refractivity contribution in [3.05, 3.63) is 102 Å². The van der Waals surface area contributed by atoms with E-state index in [1.807, 2.05) is 12.1 Å². The maximum Gasteiger partial charge on any atom is 0.143 e. The number of fused-ring (bicyclic) bond motifs is 8. The van der Waals surface area contributed by atoms with Crippen molar-refractivity contribution in [2.24, 2.45) is 0 Å². The maximum atomic E-state index is 6.34. The van der Waals surface area contributed by atoms with E-state index in [9.17, 15) is 0 Å². The number of aromatic nitrogens is 1. The molecule has 146 valence electrons. The zero-order valence-electron chi connectivity index (χ0n) is 16.5. The molecule has 0 N–H and O–H groups in total. The van der Waals surface area contributed by atoms with Gasteiger partial charge in [-0.2, -0.15) is 0 Å². The molecule has 0 radical (unpaired) electrons. The summed E-state index contributed by atoms with van der Waals surface area (Å²) in [5, 5.41) is 7.12. The van der Waals surface area contributed by atoms with Crippen molar-refractivity contribution in [2.75, 3.05) is 0 Å². The fraction of sp³-hybridized carbons (Fsp3) is 0. The van der Waals surface area contributed by atoms with E-state index in [0.717, 1.165) is 37.5 Å². The molecule has 0 saturated heterocycles. The molecular formula is C28H16BrNO. The molecule has 0 unspecified atom stereocenters. The van der Waals surface area contributed by atoms with Crippen LogP contribution in [-0.4, -0.2) is 4.57 Å². The molecule has 5 aromatic carbocycles. The standard InChI is InChI=1S/C28H16BrNO/c29-18-11-13-25-24(15-18)23-14-17-10-12-21-20-8-4-5-9-27(20)31-28(21)22(17)16-26(23)30(25)19-6-2-1-3-7-19/h1-16H. The average Bonchev–Trinajstić information content (AvgIpc) is 3.34. The second kappa shape index (κ2) is 6.22. The third-order valence-corrected chi connectivity index (χ3v) is 6.71. The van der Waals surface area contributed by atoms with Gasteiger partial charge in [0.15, 0.2) is 0 Å². The van der Waals surface area contributed by atoms with Gasteiger partial charge in [-0.3, -0.25) is 0 Å². The first-order chi connectivity index (χ1) is 15.3. The zero-order chi connectivity index (χ0) is 20.5. The second-order valence-electron chi connectivity index (χ2n) is 7.96. The van der Waals surface area contributed by atoms with Crippen molar-refractivity contribution in [3.63, 3.8) is 0 Å². The van der Waals surface area contributed by atoms with Gasteiger partial charge in [0.2, 0.25) is 0 Å². The minimum atomic E-state index is 0.928. The lowest BCUT2D eigenvalue weighted by molar-refractivity contribution is 0.672. The summed E-state index contributed by atoms with van der Waals surface area (Å²) in [5.41, 5.74) is 5.41. The smallest absolute Gasteiger partial charge is 0.143 e. The van der Waals surface area contributed by atoms with Gasteiger partial charge in [-0.1, -0.05) is 58.4 Å². The number of hydrogen-bond donors (Lipinski definition) is 0. The molecule has 0 amide bonds. The molecule has 0 aliphatic heterocycles. The number of furan rings is 1. The highest BCUT2D eigenvalue weighted by Gasteiger charge is 2.16. The molecule has 7 rings (SSSR count). The van der Waals surface area contributed by atoms with E-state index in [1.165, 1.54) is 27.2 Å². The molecule has 0 aliphatic rings. The van der Waals surface area contributed by atoms with Gasteiger partial charge in [0.05, 0.1) is 11.0 Å². The molecule has 2 aromatic heterocycles. The first-order valence-electron chi connectivity index (χ1n) is 10.3. The van der Waals surface area contributed by atoms with Crippen molar-refractivity contribution < 1.29 is 4.42 Å². The van der Waals surface area contributed by atoms with Crippen LogP contribution < -0.4 is 0 Å². The molecule has 2 heterocycles. The molecule has 0 bridgehead atoms. The summed E-state index contributed by atoms with van der Waals surface area (Å²) in [6, 6.07) is 34.3. The summed E-state index contributed by atoms with van der Waals surface area (Å²) >= 11 is 3.66. The molecule has 31 heavy (non-hydrogen) atoms. The summed E-state index contributed by atoms with van der Waals surface area (Å²) in [4.78, 5) is 0. The van der Waals surface area contributed by atoms with E-state index in [4.69, 9.17) is 4.42 Å². The summed E-state index contributed by atoms with van der Waals surface area (Å²) < 4.78 is 9.77. The number of rotatable bonds is 1. The summed E-state index contributed by atoms with van der Waals surface area (Å²) in [7, 11) is 0. The first-order valence-corrected chi connectivity index (χ1v) is 11.1. The van der Waals surface area contributed by atoms with Gasteiger partial charge in [-0.25, -0.2) is 0 Å². The van der Waals surface area contributed by atoms with Gasteiger partial charge < -0.3 is 8.98 Å². The Kier molecular flexibility index (Phi) is 3.44.